The molecule has 1 unspecified atom stereocenters. The molecule has 0 spiro atoms. The molecule has 6 nitrogen and oxygen atoms in total. The number of aryl methyl sites for hydroxylation is 1. The Morgan fingerprint density at radius 1 is 1.50 bits per heavy atom. The van der Waals surface area contributed by atoms with Crippen LogP contribution >= 0.6 is 0 Å². The van der Waals surface area contributed by atoms with Crippen LogP contribution in [-0.4, -0.2) is 28.9 Å². The van der Waals surface area contributed by atoms with Crippen LogP contribution in [0.2, 0.25) is 0 Å². The first-order chi connectivity index (χ1) is 9.72. The first kappa shape index (κ1) is 12.9. The molecule has 106 valence electrons. The van der Waals surface area contributed by atoms with E-state index in [1.54, 1.807) is 36.0 Å². The Hall–Kier alpha value is -2.08. The van der Waals surface area contributed by atoms with Crippen LogP contribution in [-0.2, 0) is 11.3 Å². The summed E-state index contributed by atoms with van der Waals surface area (Å²) in [5.74, 6) is 1.89. The number of nitrogens with zero attached hydrogens (tertiary/aromatic N) is 2. The summed E-state index contributed by atoms with van der Waals surface area (Å²) in [6, 6.07) is 5.21. The van der Waals surface area contributed by atoms with E-state index in [-0.39, 0.29) is 5.91 Å². The molecule has 1 aliphatic rings. The molecular weight excluding hydrogens is 258 g/mol. The number of rotatable bonds is 4. The van der Waals surface area contributed by atoms with Gasteiger partial charge in [0, 0.05) is 25.1 Å². The van der Waals surface area contributed by atoms with Gasteiger partial charge in [-0.25, -0.2) is 4.68 Å². The van der Waals surface area contributed by atoms with Crippen molar-refractivity contribution in [2.75, 3.05) is 18.5 Å². The minimum absolute atomic E-state index is 0.262. The molecule has 0 bridgehead atoms. The Morgan fingerprint density at radius 3 is 3.10 bits per heavy atom. The number of carbonyl (C=O) groups is 1. The lowest BCUT2D eigenvalue weighted by molar-refractivity contribution is 0.0994. The van der Waals surface area contributed by atoms with Crippen LogP contribution in [0.1, 0.15) is 22.7 Å². The van der Waals surface area contributed by atoms with Crippen molar-refractivity contribution in [1.29, 1.82) is 0 Å². The number of amides is 1. The van der Waals surface area contributed by atoms with Gasteiger partial charge in [-0.1, -0.05) is 0 Å². The topological polar surface area (TPSA) is 69.3 Å². The molecule has 2 aromatic heterocycles. The number of furan rings is 1. The maximum absolute atomic E-state index is 12.0. The average molecular weight is 275 g/mol. The van der Waals surface area contributed by atoms with E-state index in [9.17, 15) is 4.79 Å². The number of nitrogens with one attached hydrogen (secondary N) is 1. The lowest BCUT2D eigenvalue weighted by Gasteiger charge is -2.11. The van der Waals surface area contributed by atoms with Crippen molar-refractivity contribution < 1.29 is 13.9 Å². The molecule has 20 heavy (non-hydrogen) atoms. The van der Waals surface area contributed by atoms with Crippen molar-refractivity contribution >= 4 is 11.7 Å². The molecule has 3 heterocycles. The predicted molar refractivity (Wildman–Crippen MR) is 72.6 cm³/mol. The summed E-state index contributed by atoms with van der Waals surface area (Å²) >= 11 is 0. The molecule has 0 radical (unpaired) electrons. The second-order valence-electron chi connectivity index (χ2n) is 4.99. The zero-order valence-corrected chi connectivity index (χ0v) is 11.3. The van der Waals surface area contributed by atoms with Gasteiger partial charge in [0.2, 0.25) is 0 Å². The van der Waals surface area contributed by atoms with Crippen molar-refractivity contribution in [1.82, 2.24) is 9.78 Å². The van der Waals surface area contributed by atoms with Gasteiger partial charge in [0.15, 0.2) is 5.76 Å². The van der Waals surface area contributed by atoms with Crippen molar-refractivity contribution in [2.45, 2.75) is 19.9 Å². The van der Waals surface area contributed by atoms with Crippen LogP contribution in [0.3, 0.4) is 0 Å². The van der Waals surface area contributed by atoms with Crippen LogP contribution in [0, 0.1) is 12.8 Å². The Morgan fingerprint density at radius 2 is 2.40 bits per heavy atom. The van der Waals surface area contributed by atoms with E-state index in [1.807, 2.05) is 0 Å². The second kappa shape index (κ2) is 5.50. The van der Waals surface area contributed by atoms with E-state index in [0.29, 0.717) is 23.3 Å². The molecule has 1 amide bonds. The Bertz CT molecular complexity index is 596. The van der Waals surface area contributed by atoms with Crippen LogP contribution in [0.4, 0.5) is 5.82 Å². The van der Waals surface area contributed by atoms with Gasteiger partial charge in [0.1, 0.15) is 11.6 Å². The molecule has 1 atom stereocenters. The standard InChI is InChI=1S/C14H17N3O3/c1-10-2-3-12(20-10)14(18)16-13-4-6-15-17(13)8-11-5-7-19-9-11/h2-4,6,11H,5,7-9H2,1H3,(H,16,18). The summed E-state index contributed by atoms with van der Waals surface area (Å²) in [4.78, 5) is 12.0. The zero-order valence-electron chi connectivity index (χ0n) is 11.3. The van der Waals surface area contributed by atoms with Gasteiger partial charge in [-0.2, -0.15) is 5.10 Å². The van der Waals surface area contributed by atoms with E-state index < -0.39 is 0 Å². The van der Waals surface area contributed by atoms with Crippen molar-refractivity contribution in [3.05, 3.63) is 35.9 Å². The maximum Gasteiger partial charge on any atom is 0.292 e. The maximum atomic E-state index is 12.0. The van der Waals surface area contributed by atoms with Gasteiger partial charge >= 0.3 is 0 Å². The molecule has 2 aromatic rings. The zero-order chi connectivity index (χ0) is 13.9. The molecule has 0 saturated carbocycles. The SMILES string of the molecule is Cc1ccc(C(=O)Nc2ccnn2CC2CCOC2)o1. The second-order valence-corrected chi connectivity index (χ2v) is 4.99. The van der Waals surface area contributed by atoms with Crippen LogP contribution in [0.25, 0.3) is 0 Å². The first-order valence-corrected chi connectivity index (χ1v) is 6.70. The molecule has 3 rings (SSSR count). The quantitative estimate of drug-likeness (QED) is 0.927. The Kier molecular flexibility index (Phi) is 3.56. The predicted octanol–water partition coefficient (Wildman–Crippen LogP) is 2.07. The molecule has 0 aliphatic carbocycles. The van der Waals surface area contributed by atoms with Gasteiger partial charge in [0.25, 0.3) is 5.91 Å². The fraction of sp³-hybridized carbons (Fsp3) is 0.429. The largest absolute Gasteiger partial charge is 0.456 e. The summed E-state index contributed by atoms with van der Waals surface area (Å²) < 4.78 is 12.5. The van der Waals surface area contributed by atoms with Crippen LogP contribution in [0.15, 0.2) is 28.8 Å². The molecule has 1 N–H and O–H groups in total. The molecule has 0 aromatic carbocycles. The van der Waals surface area contributed by atoms with E-state index in [2.05, 4.69) is 10.4 Å². The number of anilines is 1. The molecule has 6 heteroatoms. The van der Waals surface area contributed by atoms with Crippen LogP contribution in [0.5, 0.6) is 0 Å². The summed E-state index contributed by atoms with van der Waals surface area (Å²) in [5.41, 5.74) is 0. The number of hydrogen-bond acceptors (Lipinski definition) is 4. The number of hydrogen-bond donors (Lipinski definition) is 1. The van der Waals surface area contributed by atoms with Gasteiger partial charge < -0.3 is 14.5 Å². The minimum atomic E-state index is -0.262. The Labute approximate surface area is 116 Å². The van der Waals surface area contributed by atoms with E-state index >= 15 is 0 Å². The third-order valence-electron chi connectivity index (χ3n) is 3.38. The van der Waals surface area contributed by atoms with E-state index in [0.717, 1.165) is 26.2 Å². The smallest absolute Gasteiger partial charge is 0.292 e. The fourth-order valence-corrected chi connectivity index (χ4v) is 2.29. The summed E-state index contributed by atoms with van der Waals surface area (Å²) in [5, 5.41) is 7.07. The van der Waals surface area contributed by atoms with Crippen molar-refractivity contribution in [2.24, 2.45) is 5.92 Å². The summed E-state index contributed by atoms with van der Waals surface area (Å²) in [7, 11) is 0. The van der Waals surface area contributed by atoms with Crippen molar-refractivity contribution in [3.8, 4) is 0 Å². The highest BCUT2D eigenvalue weighted by Gasteiger charge is 2.19. The number of aromatic nitrogens is 2. The van der Waals surface area contributed by atoms with Crippen molar-refractivity contribution in [3.63, 3.8) is 0 Å². The van der Waals surface area contributed by atoms with Gasteiger partial charge in [-0.05, 0) is 25.5 Å². The first-order valence-electron chi connectivity index (χ1n) is 6.70. The number of ether oxygens (including phenoxy) is 1. The Balaban J connectivity index is 1.68. The molecule has 1 saturated heterocycles. The number of carbonyl (C=O) groups excluding carboxylic acids is 1. The van der Waals surface area contributed by atoms with Crippen LogP contribution < -0.4 is 5.32 Å². The lowest BCUT2D eigenvalue weighted by atomic mass is 10.1. The van der Waals surface area contributed by atoms with E-state index in [4.69, 9.17) is 9.15 Å². The average Bonchev–Trinajstić information content (AvgIpc) is 3.13. The molecular formula is C14H17N3O3. The molecule has 1 aliphatic heterocycles. The third kappa shape index (κ3) is 2.75. The monoisotopic (exact) mass is 275 g/mol. The normalized spacial score (nSPS) is 18.4. The van der Waals surface area contributed by atoms with E-state index in [1.165, 1.54) is 0 Å². The van der Waals surface area contributed by atoms with Gasteiger partial charge in [-0.3, -0.25) is 4.79 Å². The fourth-order valence-electron chi connectivity index (χ4n) is 2.29. The minimum Gasteiger partial charge on any atom is -0.456 e. The highest BCUT2D eigenvalue weighted by atomic mass is 16.5. The van der Waals surface area contributed by atoms with Gasteiger partial charge in [0.05, 0.1) is 12.8 Å². The summed E-state index contributed by atoms with van der Waals surface area (Å²) in [6.07, 6.45) is 2.71. The molecule has 1 fully saturated rings. The van der Waals surface area contributed by atoms with Gasteiger partial charge in [-0.15, -0.1) is 0 Å². The summed E-state index contributed by atoms with van der Waals surface area (Å²) in [6.45, 7) is 4.12. The lowest BCUT2D eigenvalue weighted by Crippen LogP contribution is -2.18. The highest BCUT2D eigenvalue weighted by Crippen LogP contribution is 2.18. The third-order valence-corrected chi connectivity index (χ3v) is 3.38. The highest BCUT2D eigenvalue weighted by molar-refractivity contribution is 6.01.